The summed E-state index contributed by atoms with van der Waals surface area (Å²) in [6.45, 7) is 8.13. The lowest BCUT2D eigenvalue weighted by molar-refractivity contribution is 0.0160. The van der Waals surface area contributed by atoms with E-state index in [1.165, 1.54) is 12.8 Å². The van der Waals surface area contributed by atoms with Crippen LogP contribution in [0.5, 0.6) is 0 Å². The number of hydrogen-bond acceptors (Lipinski definition) is 4. The van der Waals surface area contributed by atoms with Crippen LogP contribution in [0.2, 0.25) is 0 Å². The smallest absolute Gasteiger partial charge is 0.410 e. The molecule has 1 heterocycles. The molecule has 3 atom stereocenters. The highest BCUT2D eigenvalue weighted by atomic mass is 16.6. The molecule has 134 valence electrons. The van der Waals surface area contributed by atoms with Crippen LogP contribution < -0.4 is 5.32 Å². The number of carbonyl (C=O) groups is 1. The minimum atomic E-state index is -0.438. The lowest BCUT2D eigenvalue weighted by Crippen LogP contribution is -2.47. The highest BCUT2D eigenvalue weighted by Gasteiger charge is 2.28. The van der Waals surface area contributed by atoms with Crippen molar-refractivity contribution in [2.24, 2.45) is 5.92 Å². The van der Waals surface area contributed by atoms with Gasteiger partial charge >= 0.3 is 6.09 Å². The molecule has 5 heteroatoms. The van der Waals surface area contributed by atoms with Crippen molar-refractivity contribution < 1.29 is 14.6 Å². The summed E-state index contributed by atoms with van der Waals surface area (Å²) < 4.78 is 5.48. The number of rotatable bonds is 3. The Morgan fingerprint density at radius 1 is 1.17 bits per heavy atom. The molecule has 3 unspecified atom stereocenters. The summed E-state index contributed by atoms with van der Waals surface area (Å²) >= 11 is 0. The molecule has 0 spiro atoms. The van der Waals surface area contributed by atoms with E-state index in [1.54, 1.807) is 0 Å². The first-order chi connectivity index (χ1) is 10.8. The van der Waals surface area contributed by atoms with Crippen LogP contribution in [0.1, 0.15) is 65.7 Å². The van der Waals surface area contributed by atoms with Gasteiger partial charge in [-0.1, -0.05) is 19.3 Å². The van der Waals surface area contributed by atoms with Gasteiger partial charge in [-0.3, -0.25) is 0 Å². The van der Waals surface area contributed by atoms with Gasteiger partial charge in [0, 0.05) is 25.7 Å². The molecule has 5 nitrogen and oxygen atoms in total. The fourth-order valence-electron chi connectivity index (χ4n) is 3.57. The number of nitrogens with zero attached hydrogens (tertiary/aromatic N) is 1. The maximum atomic E-state index is 12.2. The molecule has 0 bridgehead atoms. The normalized spacial score (nSPS) is 29.9. The van der Waals surface area contributed by atoms with E-state index in [0.29, 0.717) is 5.92 Å². The lowest BCUT2D eigenvalue weighted by atomic mass is 9.97. The molecule has 23 heavy (non-hydrogen) atoms. The van der Waals surface area contributed by atoms with Crippen LogP contribution in [-0.4, -0.2) is 53.5 Å². The van der Waals surface area contributed by atoms with Crippen molar-refractivity contribution in [1.82, 2.24) is 10.2 Å². The first kappa shape index (κ1) is 18.5. The second-order valence-corrected chi connectivity index (χ2v) is 8.15. The maximum absolute atomic E-state index is 12.2. The zero-order valence-corrected chi connectivity index (χ0v) is 15.0. The minimum Gasteiger partial charge on any atom is -0.444 e. The third-order valence-corrected chi connectivity index (χ3v) is 4.82. The van der Waals surface area contributed by atoms with Crippen LogP contribution in [0.25, 0.3) is 0 Å². The summed E-state index contributed by atoms with van der Waals surface area (Å²) in [5.41, 5.74) is -0.438. The summed E-state index contributed by atoms with van der Waals surface area (Å²) in [7, 11) is 0. The number of ether oxygens (including phenoxy) is 1. The summed E-state index contributed by atoms with van der Waals surface area (Å²) in [5.74, 6) is 0.451. The molecule has 1 aliphatic carbocycles. The molecule has 2 fully saturated rings. The number of amides is 1. The minimum absolute atomic E-state index is 0.197. The van der Waals surface area contributed by atoms with Gasteiger partial charge < -0.3 is 20.1 Å². The molecule has 0 aromatic heterocycles. The van der Waals surface area contributed by atoms with Gasteiger partial charge in [-0.2, -0.15) is 0 Å². The van der Waals surface area contributed by atoms with E-state index in [9.17, 15) is 9.90 Å². The van der Waals surface area contributed by atoms with Gasteiger partial charge in [-0.05, 0) is 52.4 Å². The average Bonchev–Trinajstić information content (AvgIpc) is 2.68. The van der Waals surface area contributed by atoms with Crippen molar-refractivity contribution in [3.63, 3.8) is 0 Å². The Morgan fingerprint density at radius 2 is 1.91 bits per heavy atom. The highest BCUT2D eigenvalue weighted by Crippen LogP contribution is 2.21. The molecule has 0 radical (unpaired) electrons. The summed E-state index contributed by atoms with van der Waals surface area (Å²) in [4.78, 5) is 14.0. The number of aliphatic hydroxyl groups is 1. The Hall–Kier alpha value is -0.810. The van der Waals surface area contributed by atoms with Gasteiger partial charge in [0.15, 0.2) is 0 Å². The third-order valence-electron chi connectivity index (χ3n) is 4.82. The van der Waals surface area contributed by atoms with Crippen LogP contribution in [0, 0.1) is 5.92 Å². The lowest BCUT2D eigenvalue weighted by Gasteiger charge is -2.35. The van der Waals surface area contributed by atoms with Crippen molar-refractivity contribution in [1.29, 1.82) is 0 Å². The van der Waals surface area contributed by atoms with Crippen LogP contribution in [0.15, 0.2) is 0 Å². The van der Waals surface area contributed by atoms with E-state index in [4.69, 9.17) is 4.74 Å². The largest absolute Gasteiger partial charge is 0.444 e. The first-order valence-electron chi connectivity index (χ1n) is 9.24. The Labute approximate surface area is 140 Å². The Bertz CT molecular complexity index is 381. The predicted octanol–water partition coefficient (Wildman–Crippen LogP) is 2.92. The fourth-order valence-corrected chi connectivity index (χ4v) is 3.57. The van der Waals surface area contributed by atoms with Crippen LogP contribution in [0.3, 0.4) is 0 Å². The number of aliphatic hydroxyl groups excluding tert-OH is 1. The number of likely N-dealkylation sites (tertiary alicyclic amines) is 1. The molecule has 0 aromatic carbocycles. The second-order valence-electron chi connectivity index (χ2n) is 8.15. The van der Waals surface area contributed by atoms with Crippen molar-refractivity contribution in [2.45, 2.75) is 83.5 Å². The molecule has 2 N–H and O–H groups in total. The molecule has 1 aliphatic heterocycles. The quantitative estimate of drug-likeness (QED) is 0.783. The SMILES string of the molecule is CC(C)(C)OC(=O)N1CCCC(CNC2CCCCCC2O)C1. The number of carbonyl (C=O) groups excluding carboxylic acids is 1. The zero-order chi connectivity index (χ0) is 16.9. The van der Waals surface area contributed by atoms with E-state index >= 15 is 0 Å². The number of piperidine rings is 1. The van der Waals surface area contributed by atoms with E-state index in [2.05, 4.69) is 5.32 Å². The summed E-state index contributed by atoms with van der Waals surface area (Å²) in [5, 5.41) is 13.8. The Balaban J connectivity index is 1.78. The van der Waals surface area contributed by atoms with Crippen molar-refractivity contribution >= 4 is 6.09 Å². The van der Waals surface area contributed by atoms with Gasteiger partial charge in [-0.15, -0.1) is 0 Å². The average molecular weight is 326 g/mol. The molecule has 2 rings (SSSR count). The van der Waals surface area contributed by atoms with Gasteiger partial charge in [0.2, 0.25) is 0 Å². The second kappa shape index (κ2) is 8.34. The first-order valence-corrected chi connectivity index (χ1v) is 9.24. The Kier molecular flexibility index (Phi) is 6.72. The van der Waals surface area contributed by atoms with Gasteiger partial charge in [0.05, 0.1) is 6.10 Å². The van der Waals surface area contributed by atoms with Gasteiger partial charge in [0.25, 0.3) is 0 Å². The van der Waals surface area contributed by atoms with Gasteiger partial charge in [-0.25, -0.2) is 4.79 Å². The van der Waals surface area contributed by atoms with E-state index in [0.717, 1.165) is 51.7 Å². The zero-order valence-electron chi connectivity index (χ0n) is 15.0. The monoisotopic (exact) mass is 326 g/mol. The van der Waals surface area contributed by atoms with Crippen molar-refractivity contribution in [2.75, 3.05) is 19.6 Å². The topological polar surface area (TPSA) is 61.8 Å². The van der Waals surface area contributed by atoms with E-state index < -0.39 is 5.60 Å². The van der Waals surface area contributed by atoms with Crippen molar-refractivity contribution in [3.05, 3.63) is 0 Å². The van der Waals surface area contributed by atoms with Crippen molar-refractivity contribution in [3.8, 4) is 0 Å². The van der Waals surface area contributed by atoms with E-state index in [1.807, 2.05) is 25.7 Å². The Morgan fingerprint density at radius 3 is 2.65 bits per heavy atom. The predicted molar refractivity (Wildman–Crippen MR) is 91.4 cm³/mol. The molecule has 1 saturated heterocycles. The highest BCUT2D eigenvalue weighted by molar-refractivity contribution is 5.68. The summed E-state index contributed by atoms with van der Waals surface area (Å²) in [6, 6.07) is 0.217. The standard InChI is InChI=1S/C18H34N2O3/c1-18(2,3)23-17(22)20-11-7-8-14(13-20)12-19-15-9-5-4-6-10-16(15)21/h14-16,19,21H,4-13H2,1-3H3. The van der Waals surface area contributed by atoms with Crippen LogP contribution >= 0.6 is 0 Å². The number of hydrogen-bond donors (Lipinski definition) is 2. The summed E-state index contributed by atoms with van der Waals surface area (Å²) in [6.07, 6.45) is 7.27. The number of nitrogens with one attached hydrogen (secondary N) is 1. The van der Waals surface area contributed by atoms with Crippen LogP contribution in [0.4, 0.5) is 4.79 Å². The molecule has 1 saturated carbocycles. The van der Waals surface area contributed by atoms with E-state index in [-0.39, 0.29) is 18.2 Å². The van der Waals surface area contributed by atoms with Crippen LogP contribution in [-0.2, 0) is 4.74 Å². The van der Waals surface area contributed by atoms with Gasteiger partial charge in [0.1, 0.15) is 5.60 Å². The molecular formula is C18H34N2O3. The molecule has 0 aromatic rings. The maximum Gasteiger partial charge on any atom is 0.410 e. The third kappa shape index (κ3) is 6.30. The molecule has 1 amide bonds. The fraction of sp³-hybridized carbons (Fsp3) is 0.944. The molecular weight excluding hydrogens is 292 g/mol. The molecule has 2 aliphatic rings.